The van der Waals surface area contributed by atoms with Crippen LogP contribution in [0.15, 0.2) is 59.1 Å². The number of aromatic nitrogens is 1. The van der Waals surface area contributed by atoms with Gasteiger partial charge in [0.2, 0.25) is 0 Å². The maximum absolute atomic E-state index is 12.3. The Bertz CT molecular complexity index is 963. The van der Waals surface area contributed by atoms with Crippen molar-refractivity contribution in [1.29, 1.82) is 0 Å². The topological polar surface area (TPSA) is 90.7 Å². The van der Waals surface area contributed by atoms with Crippen molar-refractivity contribution >= 4 is 11.7 Å². The van der Waals surface area contributed by atoms with Gasteiger partial charge in [0.25, 0.3) is 5.91 Å². The van der Waals surface area contributed by atoms with E-state index in [1.165, 1.54) is 13.0 Å². The van der Waals surface area contributed by atoms with Crippen LogP contribution in [0.3, 0.4) is 0 Å². The van der Waals surface area contributed by atoms with Gasteiger partial charge in [-0.2, -0.15) is 0 Å². The van der Waals surface area contributed by atoms with Crippen molar-refractivity contribution in [2.45, 2.75) is 20.1 Å². The maximum Gasteiger partial charge on any atom is 0.273 e. The van der Waals surface area contributed by atoms with E-state index in [2.05, 4.69) is 10.5 Å². The van der Waals surface area contributed by atoms with E-state index in [0.29, 0.717) is 29.4 Å². The lowest BCUT2D eigenvalue weighted by molar-refractivity contribution is 0.0940. The van der Waals surface area contributed by atoms with Crippen molar-refractivity contribution < 1.29 is 23.6 Å². The molecule has 0 saturated heterocycles. The van der Waals surface area contributed by atoms with Gasteiger partial charge in [0.1, 0.15) is 18.1 Å². The van der Waals surface area contributed by atoms with Crippen LogP contribution in [-0.4, -0.2) is 24.0 Å². The molecule has 1 heterocycles. The number of Topliss-reactive ketones (excluding diaryl/α,β-unsaturated/α-hetero) is 1. The highest BCUT2D eigenvalue weighted by Crippen LogP contribution is 2.17. The molecule has 1 N–H and O–H groups in total. The summed E-state index contributed by atoms with van der Waals surface area (Å²) >= 11 is 0. The Hall–Kier alpha value is -3.61. The summed E-state index contributed by atoms with van der Waals surface area (Å²) in [4.78, 5) is 23.5. The van der Waals surface area contributed by atoms with Gasteiger partial charge in [0, 0.05) is 23.7 Å². The van der Waals surface area contributed by atoms with Crippen LogP contribution < -0.4 is 14.8 Å². The molecule has 7 nitrogen and oxygen atoms in total. The number of nitrogens with zero attached hydrogens (tertiary/aromatic N) is 1. The van der Waals surface area contributed by atoms with E-state index in [9.17, 15) is 9.59 Å². The van der Waals surface area contributed by atoms with Crippen molar-refractivity contribution in [3.05, 3.63) is 77.2 Å². The van der Waals surface area contributed by atoms with Gasteiger partial charge in [0.05, 0.1) is 7.11 Å². The molecule has 2 aromatic carbocycles. The largest absolute Gasteiger partial charge is 0.496 e. The van der Waals surface area contributed by atoms with Crippen LogP contribution >= 0.6 is 0 Å². The molecule has 28 heavy (non-hydrogen) atoms. The maximum atomic E-state index is 12.3. The number of carbonyl (C=O) groups is 2. The van der Waals surface area contributed by atoms with Gasteiger partial charge in [-0.05, 0) is 37.3 Å². The van der Waals surface area contributed by atoms with Gasteiger partial charge < -0.3 is 19.3 Å². The normalized spacial score (nSPS) is 10.4. The second kappa shape index (κ2) is 8.85. The number of rotatable bonds is 8. The zero-order valence-corrected chi connectivity index (χ0v) is 15.6. The number of hydrogen-bond acceptors (Lipinski definition) is 6. The van der Waals surface area contributed by atoms with Crippen LogP contribution in [0.2, 0.25) is 0 Å². The summed E-state index contributed by atoms with van der Waals surface area (Å²) in [6, 6.07) is 15.8. The lowest BCUT2D eigenvalue weighted by atomic mass is 10.1. The first kappa shape index (κ1) is 19.2. The van der Waals surface area contributed by atoms with E-state index in [-0.39, 0.29) is 24.0 Å². The van der Waals surface area contributed by atoms with Crippen LogP contribution in [-0.2, 0) is 13.2 Å². The van der Waals surface area contributed by atoms with E-state index < -0.39 is 0 Å². The number of ether oxygens (including phenoxy) is 2. The monoisotopic (exact) mass is 380 g/mol. The fraction of sp³-hybridized carbons (Fsp3) is 0.190. The molecule has 0 saturated carbocycles. The minimum absolute atomic E-state index is 0.00874. The van der Waals surface area contributed by atoms with Crippen LogP contribution in [0.5, 0.6) is 11.5 Å². The van der Waals surface area contributed by atoms with Crippen molar-refractivity contribution in [3.63, 3.8) is 0 Å². The summed E-state index contributed by atoms with van der Waals surface area (Å²) in [5.41, 5.74) is 1.64. The smallest absolute Gasteiger partial charge is 0.273 e. The quantitative estimate of drug-likeness (QED) is 0.603. The van der Waals surface area contributed by atoms with Gasteiger partial charge >= 0.3 is 0 Å². The zero-order chi connectivity index (χ0) is 19.9. The predicted octanol–water partition coefficient (Wildman–Crippen LogP) is 3.39. The fourth-order valence-electron chi connectivity index (χ4n) is 2.54. The third kappa shape index (κ3) is 4.76. The summed E-state index contributed by atoms with van der Waals surface area (Å²) in [6.07, 6.45) is 0. The number of carbonyl (C=O) groups excluding carboxylic acids is 2. The van der Waals surface area contributed by atoms with Crippen molar-refractivity contribution in [3.8, 4) is 11.5 Å². The highest BCUT2D eigenvalue weighted by atomic mass is 16.5. The molecule has 3 rings (SSSR count). The molecule has 3 aromatic rings. The molecule has 0 aliphatic rings. The first-order chi connectivity index (χ1) is 13.6. The Morgan fingerprint density at radius 2 is 1.86 bits per heavy atom. The predicted molar refractivity (Wildman–Crippen MR) is 101 cm³/mol. The van der Waals surface area contributed by atoms with Gasteiger partial charge in [-0.1, -0.05) is 23.4 Å². The van der Waals surface area contributed by atoms with Gasteiger partial charge in [-0.25, -0.2) is 0 Å². The minimum atomic E-state index is -0.355. The summed E-state index contributed by atoms with van der Waals surface area (Å²) in [6.45, 7) is 1.93. The number of ketones is 1. The van der Waals surface area contributed by atoms with Crippen molar-refractivity contribution in [2.24, 2.45) is 0 Å². The molecule has 0 unspecified atom stereocenters. The van der Waals surface area contributed by atoms with Crippen molar-refractivity contribution in [2.75, 3.05) is 7.11 Å². The van der Waals surface area contributed by atoms with Crippen molar-refractivity contribution in [1.82, 2.24) is 10.5 Å². The average Bonchev–Trinajstić information content (AvgIpc) is 3.20. The molecule has 0 aliphatic heterocycles. The van der Waals surface area contributed by atoms with E-state index in [4.69, 9.17) is 14.0 Å². The number of benzene rings is 2. The zero-order valence-electron chi connectivity index (χ0n) is 15.6. The molecular formula is C21H20N2O5. The Balaban J connectivity index is 1.54. The van der Waals surface area contributed by atoms with Gasteiger partial charge in [0.15, 0.2) is 17.2 Å². The average molecular weight is 380 g/mol. The molecule has 1 amide bonds. The Morgan fingerprint density at radius 1 is 1.11 bits per heavy atom. The summed E-state index contributed by atoms with van der Waals surface area (Å²) in [7, 11) is 1.58. The third-order valence-corrected chi connectivity index (χ3v) is 4.07. The van der Waals surface area contributed by atoms with Crippen LogP contribution in [0, 0.1) is 0 Å². The van der Waals surface area contributed by atoms with E-state index in [0.717, 1.165) is 5.56 Å². The number of para-hydroxylation sites is 1. The van der Waals surface area contributed by atoms with E-state index in [1.807, 2.05) is 24.3 Å². The molecule has 0 bridgehead atoms. The highest BCUT2D eigenvalue weighted by Gasteiger charge is 2.13. The lowest BCUT2D eigenvalue weighted by Gasteiger charge is -2.08. The molecule has 0 atom stereocenters. The molecule has 1 aromatic heterocycles. The highest BCUT2D eigenvalue weighted by molar-refractivity contribution is 5.94. The van der Waals surface area contributed by atoms with Crippen LogP contribution in [0.1, 0.15) is 39.1 Å². The second-order valence-electron chi connectivity index (χ2n) is 6.04. The van der Waals surface area contributed by atoms with E-state index >= 15 is 0 Å². The number of amides is 1. The molecule has 7 heteroatoms. The number of nitrogens with one attached hydrogen (secondary N) is 1. The molecule has 144 valence electrons. The second-order valence-corrected chi connectivity index (χ2v) is 6.04. The minimum Gasteiger partial charge on any atom is -0.496 e. The third-order valence-electron chi connectivity index (χ3n) is 4.07. The molecular weight excluding hydrogens is 360 g/mol. The fourth-order valence-corrected chi connectivity index (χ4v) is 2.54. The molecule has 0 radical (unpaired) electrons. The summed E-state index contributed by atoms with van der Waals surface area (Å²) in [5.74, 6) is 1.34. The van der Waals surface area contributed by atoms with Crippen LogP contribution in [0.25, 0.3) is 0 Å². The van der Waals surface area contributed by atoms with Gasteiger partial charge in [-0.15, -0.1) is 0 Å². The first-order valence-corrected chi connectivity index (χ1v) is 8.66. The van der Waals surface area contributed by atoms with Crippen LogP contribution in [0.4, 0.5) is 0 Å². The Morgan fingerprint density at radius 3 is 2.57 bits per heavy atom. The Labute approximate surface area is 162 Å². The Kier molecular flexibility index (Phi) is 6.06. The summed E-state index contributed by atoms with van der Waals surface area (Å²) in [5, 5.41) is 6.56. The first-order valence-electron chi connectivity index (χ1n) is 8.66. The molecule has 0 fully saturated rings. The standard InChI is InChI=1S/C21H20N2O5/c1-14(24)15-7-9-17(10-8-15)27-13-18-11-19(23-28-18)21(25)22-12-16-5-3-4-6-20(16)26-2/h3-11H,12-13H2,1-2H3,(H,22,25). The molecule has 0 spiro atoms. The molecule has 0 aliphatic carbocycles. The SMILES string of the molecule is COc1ccccc1CNC(=O)c1cc(COc2ccc(C(C)=O)cc2)on1. The van der Waals surface area contributed by atoms with E-state index in [1.54, 1.807) is 31.4 Å². The number of hydrogen-bond donors (Lipinski definition) is 1. The van der Waals surface area contributed by atoms with Gasteiger partial charge in [-0.3, -0.25) is 9.59 Å². The lowest BCUT2D eigenvalue weighted by Crippen LogP contribution is -2.23. The number of methoxy groups -OCH3 is 1. The summed E-state index contributed by atoms with van der Waals surface area (Å²) < 4.78 is 16.0.